The Morgan fingerprint density at radius 2 is 1.97 bits per heavy atom. The van der Waals surface area contributed by atoms with Gasteiger partial charge in [0.15, 0.2) is 11.5 Å². The van der Waals surface area contributed by atoms with Gasteiger partial charge in [-0.05, 0) is 42.0 Å². The number of alkyl halides is 3. The van der Waals surface area contributed by atoms with Crippen LogP contribution in [0.5, 0.6) is 17.2 Å². The second-order valence-electron chi connectivity index (χ2n) is 5.83. The van der Waals surface area contributed by atoms with Crippen LogP contribution in [0, 0.1) is 11.8 Å². The minimum absolute atomic E-state index is 0.0739. The van der Waals surface area contributed by atoms with Gasteiger partial charge in [0, 0.05) is 6.08 Å². The van der Waals surface area contributed by atoms with E-state index < -0.39 is 11.7 Å². The van der Waals surface area contributed by atoms with Gasteiger partial charge in [0.1, 0.15) is 12.4 Å². The number of hydrogen-bond donors (Lipinski definition) is 1. The number of amides is 1. The van der Waals surface area contributed by atoms with Gasteiger partial charge in [0.05, 0.1) is 12.1 Å². The Labute approximate surface area is 165 Å². The molecule has 0 bridgehead atoms. The van der Waals surface area contributed by atoms with Gasteiger partial charge in [0.2, 0.25) is 12.7 Å². The highest BCUT2D eigenvalue weighted by Crippen LogP contribution is 2.33. The Balaban J connectivity index is 1.40. The number of nitrogens with one attached hydrogen (secondary N) is 1. The highest BCUT2D eigenvalue weighted by molar-refractivity contribution is 5.91. The fraction of sp³-hybridized carbons (Fsp3) is 0.190. The molecule has 1 amide bonds. The molecule has 1 aliphatic rings. The van der Waals surface area contributed by atoms with Gasteiger partial charge < -0.3 is 19.5 Å². The fourth-order valence-electron chi connectivity index (χ4n) is 2.37. The number of carbonyl (C=O) groups excluding carboxylic acids is 1. The van der Waals surface area contributed by atoms with E-state index in [0.29, 0.717) is 11.5 Å². The molecule has 29 heavy (non-hydrogen) atoms. The monoisotopic (exact) mass is 403 g/mol. The molecule has 0 unspecified atom stereocenters. The van der Waals surface area contributed by atoms with Gasteiger partial charge in [-0.15, -0.1) is 0 Å². The molecule has 1 N–H and O–H groups in total. The lowest BCUT2D eigenvalue weighted by atomic mass is 10.2. The van der Waals surface area contributed by atoms with E-state index in [0.717, 1.165) is 17.7 Å². The van der Waals surface area contributed by atoms with Crippen molar-refractivity contribution in [3.8, 4) is 29.1 Å². The van der Waals surface area contributed by atoms with Crippen LogP contribution in [0.3, 0.4) is 0 Å². The molecule has 0 radical (unpaired) electrons. The van der Waals surface area contributed by atoms with Crippen LogP contribution in [0.4, 0.5) is 13.2 Å². The molecule has 1 aliphatic heterocycles. The van der Waals surface area contributed by atoms with Gasteiger partial charge in [-0.1, -0.05) is 24.0 Å². The summed E-state index contributed by atoms with van der Waals surface area (Å²) in [4.78, 5) is 11.8. The van der Waals surface area contributed by atoms with Crippen molar-refractivity contribution in [1.29, 1.82) is 0 Å². The van der Waals surface area contributed by atoms with Crippen molar-refractivity contribution in [1.82, 2.24) is 5.32 Å². The number of fused-ring (bicyclic) bond motifs is 1. The topological polar surface area (TPSA) is 56.8 Å². The number of ether oxygens (including phenoxy) is 3. The summed E-state index contributed by atoms with van der Waals surface area (Å²) in [5.41, 5.74) is -0.00515. The minimum Gasteiger partial charge on any atom is -0.481 e. The van der Waals surface area contributed by atoms with Crippen LogP contribution < -0.4 is 19.5 Å². The maximum atomic E-state index is 12.6. The first-order chi connectivity index (χ1) is 13.9. The van der Waals surface area contributed by atoms with E-state index >= 15 is 0 Å². The molecular formula is C21H16F3NO4. The Morgan fingerprint density at radius 1 is 1.14 bits per heavy atom. The first kappa shape index (κ1) is 20.1. The van der Waals surface area contributed by atoms with Crippen molar-refractivity contribution in [2.24, 2.45) is 0 Å². The number of halogens is 3. The minimum atomic E-state index is -4.43. The quantitative estimate of drug-likeness (QED) is 0.612. The van der Waals surface area contributed by atoms with Gasteiger partial charge in [-0.3, -0.25) is 4.79 Å². The molecule has 1 heterocycles. The molecule has 2 aromatic carbocycles. The summed E-state index contributed by atoms with van der Waals surface area (Å²) >= 11 is 0. The molecular weight excluding hydrogens is 387 g/mol. The van der Waals surface area contributed by atoms with Crippen LogP contribution in [-0.2, 0) is 11.0 Å². The molecule has 0 spiro atoms. The Bertz CT molecular complexity index is 974. The predicted octanol–water partition coefficient (Wildman–Crippen LogP) is 3.65. The Hall–Kier alpha value is -3.60. The molecule has 8 heteroatoms. The molecule has 0 saturated heterocycles. The van der Waals surface area contributed by atoms with E-state index in [1.54, 1.807) is 24.3 Å². The smallest absolute Gasteiger partial charge is 0.416 e. The van der Waals surface area contributed by atoms with Crippen molar-refractivity contribution in [3.63, 3.8) is 0 Å². The highest BCUT2D eigenvalue weighted by atomic mass is 19.4. The van der Waals surface area contributed by atoms with Gasteiger partial charge in [-0.2, -0.15) is 13.2 Å². The highest BCUT2D eigenvalue weighted by Gasteiger charge is 2.30. The van der Waals surface area contributed by atoms with Crippen molar-refractivity contribution in [2.75, 3.05) is 19.9 Å². The van der Waals surface area contributed by atoms with Gasteiger partial charge >= 0.3 is 6.18 Å². The molecule has 0 fully saturated rings. The molecule has 5 nitrogen and oxygen atoms in total. The van der Waals surface area contributed by atoms with Crippen LogP contribution in [0.1, 0.15) is 11.1 Å². The standard InChI is InChI=1S/C21H16F3NO4/c22-21(23,24)16-4-3-5-17(13-16)27-11-2-1-10-25-20(26)9-7-15-6-8-18-19(12-15)29-14-28-18/h3-9,12-13H,10-11,14H2,(H,25,26)/b9-7+. The summed E-state index contributed by atoms with van der Waals surface area (Å²) in [6.45, 7) is 0.166. The second kappa shape index (κ2) is 9.06. The zero-order chi connectivity index (χ0) is 20.7. The summed E-state index contributed by atoms with van der Waals surface area (Å²) in [6.07, 6.45) is -1.44. The Morgan fingerprint density at radius 3 is 2.79 bits per heavy atom. The predicted molar refractivity (Wildman–Crippen MR) is 99.3 cm³/mol. The molecule has 2 aromatic rings. The maximum absolute atomic E-state index is 12.6. The summed E-state index contributed by atoms with van der Waals surface area (Å²) in [5.74, 6) is 6.31. The number of rotatable bonds is 5. The van der Waals surface area contributed by atoms with Gasteiger partial charge in [0.25, 0.3) is 0 Å². The molecule has 0 aromatic heterocycles. The molecule has 150 valence electrons. The van der Waals surface area contributed by atoms with E-state index in [-0.39, 0.29) is 31.6 Å². The van der Waals surface area contributed by atoms with Crippen LogP contribution in [0.2, 0.25) is 0 Å². The Kier molecular flexibility index (Phi) is 6.29. The van der Waals surface area contributed by atoms with Crippen LogP contribution in [0.15, 0.2) is 48.5 Å². The van der Waals surface area contributed by atoms with Crippen molar-refractivity contribution in [3.05, 3.63) is 59.7 Å². The lowest BCUT2D eigenvalue weighted by molar-refractivity contribution is -0.137. The third-order valence-corrected chi connectivity index (χ3v) is 3.77. The normalized spacial score (nSPS) is 12.4. The third-order valence-electron chi connectivity index (χ3n) is 3.77. The summed E-state index contributed by atoms with van der Waals surface area (Å²) in [5, 5.41) is 2.57. The van der Waals surface area contributed by atoms with E-state index in [9.17, 15) is 18.0 Å². The van der Waals surface area contributed by atoms with E-state index in [1.165, 1.54) is 18.2 Å². The fourth-order valence-corrected chi connectivity index (χ4v) is 2.37. The maximum Gasteiger partial charge on any atom is 0.416 e. The molecule has 3 rings (SSSR count). The summed E-state index contributed by atoms with van der Waals surface area (Å²) in [7, 11) is 0. The lowest BCUT2D eigenvalue weighted by Crippen LogP contribution is -2.21. The van der Waals surface area contributed by atoms with Crippen LogP contribution in [0.25, 0.3) is 6.08 Å². The van der Waals surface area contributed by atoms with Crippen molar-refractivity contribution in [2.45, 2.75) is 6.18 Å². The van der Waals surface area contributed by atoms with Crippen molar-refractivity contribution >= 4 is 12.0 Å². The first-order valence-electron chi connectivity index (χ1n) is 8.53. The first-order valence-corrected chi connectivity index (χ1v) is 8.53. The largest absolute Gasteiger partial charge is 0.481 e. The molecule has 0 atom stereocenters. The zero-order valence-corrected chi connectivity index (χ0v) is 15.1. The van der Waals surface area contributed by atoms with Gasteiger partial charge in [-0.25, -0.2) is 0 Å². The molecule has 0 saturated carbocycles. The zero-order valence-electron chi connectivity index (χ0n) is 15.1. The third kappa shape index (κ3) is 5.94. The summed E-state index contributed by atoms with van der Waals surface area (Å²) < 4.78 is 53.5. The van der Waals surface area contributed by atoms with Crippen LogP contribution >= 0.6 is 0 Å². The summed E-state index contributed by atoms with van der Waals surface area (Å²) in [6, 6.07) is 9.86. The number of benzene rings is 2. The number of carbonyl (C=O) groups is 1. The van der Waals surface area contributed by atoms with E-state index in [4.69, 9.17) is 14.2 Å². The average molecular weight is 403 g/mol. The second-order valence-corrected chi connectivity index (χ2v) is 5.83. The van der Waals surface area contributed by atoms with E-state index in [1.807, 2.05) is 0 Å². The van der Waals surface area contributed by atoms with Crippen molar-refractivity contribution < 1.29 is 32.2 Å². The molecule has 0 aliphatic carbocycles. The number of hydrogen-bond acceptors (Lipinski definition) is 4. The SMILES string of the molecule is O=C(/C=C/c1ccc2c(c1)OCO2)NCC#CCOc1cccc(C(F)(F)F)c1. The lowest BCUT2D eigenvalue weighted by Gasteiger charge is -2.08. The average Bonchev–Trinajstić information content (AvgIpc) is 3.16. The van der Waals surface area contributed by atoms with Crippen LogP contribution in [-0.4, -0.2) is 25.9 Å². The van der Waals surface area contributed by atoms with E-state index in [2.05, 4.69) is 17.2 Å².